The lowest BCUT2D eigenvalue weighted by Gasteiger charge is -2.33. The van der Waals surface area contributed by atoms with Gasteiger partial charge in [0, 0.05) is 31.9 Å². The number of likely N-dealkylation sites (tertiary alicyclic amines) is 1. The van der Waals surface area contributed by atoms with Gasteiger partial charge in [0.05, 0.1) is 6.20 Å². The van der Waals surface area contributed by atoms with Crippen LogP contribution in [0.3, 0.4) is 0 Å². The average Bonchev–Trinajstić information content (AvgIpc) is 2.90. The van der Waals surface area contributed by atoms with Crippen LogP contribution in [0.15, 0.2) is 12.4 Å². The molecule has 2 amide bonds. The fraction of sp³-hybridized carbons (Fsp3) is 0.643. The fourth-order valence-electron chi connectivity index (χ4n) is 2.67. The highest BCUT2D eigenvalue weighted by Gasteiger charge is 2.28. The Labute approximate surface area is 123 Å². The minimum Gasteiger partial charge on any atom is -0.479 e. The molecule has 0 spiro atoms. The number of rotatable bonds is 4. The molecule has 1 aliphatic rings. The molecule has 2 rings (SSSR count). The number of hydrogen-bond acceptors (Lipinski definition) is 3. The third-order valence-corrected chi connectivity index (χ3v) is 3.96. The summed E-state index contributed by atoms with van der Waals surface area (Å²) in [5, 5.41) is 15.9. The number of carbonyl (C=O) groups excluding carboxylic acids is 1. The molecule has 2 atom stereocenters. The summed E-state index contributed by atoms with van der Waals surface area (Å²) in [6.45, 7) is 3.49. The number of aryl methyl sites for hydroxylation is 1. The monoisotopic (exact) mass is 294 g/mol. The zero-order chi connectivity index (χ0) is 15.4. The Bertz CT molecular complexity index is 514. The Morgan fingerprint density at radius 2 is 2.33 bits per heavy atom. The lowest BCUT2D eigenvalue weighted by Crippen LogP contribution is -2.47. The van der Waals surface area contributed by atoms with Crippen molar-refractivity contribution < 1.29 is 14.7 Å². The highest BCUT2D eigenvalue weighted by molar-refractivity contribution is 5.83. The zero-order valence-corrected chi connectivity index (χ0v) is 12.5. The molecule has 1 fully saturated rings. The Morgan fingerprint density at radius 3 is 2.90 bits per heavy atom. The Kier molecular flexibility index (Phi) is 4.82. The second kappa shape index (κ2) is 6.60. The predicted molar refractivity (Wildman–Crippen MR) is 76.7 cm³/mol. The van der Waals surface area contributed by atoms with Crippen molar-refractivity contribution in [1.82, 2.24) is 20.0 Å². The summed E-state index contributed by atoms with van der Waals surface area (Å²) in [5.41, 5.74) is 0.474. The Hall–Kier alpha value is -2.05. The van der Waals surface area contributed by atoms with E-state index in [0.29, 0.717) is 24.6 Å². The molecule has 0 saturated carbocycles. The number of aromatic nitrogens is 2. The lowest BCUT2D eigenvalue weighted by molar-refractivity contribution is -0.139. The third-order valence-electron chi connectivity index (χ3n) is 3.96. The number of nitrogens with zero attached hydrogens (tertiary/aromatic N) is 3. The van der Waals surface area contributed by atoms with E-state index in [9.17, 15) is 14.7 Å². The first-order valence-electron chi connectivity index (χ1n) is 7.28. The number of urea groups is 1. The van der Waals surface area contributed by atoms with Gasteiger partial charge in [-0.05, 0) is 18.8 Å². The van der Waals surface area contributed by atoms with E-state index in [1.807, 2.05) is 0 Å². The molecule has 2 N–H and O–H groups in total. The summed E-state index contributed by atoms with van der Waals surface area (Å²) in [6, 6.07) is -1.38. The molecule has 0 radical (unpaired) electrons. The van der Waals surface area contributed by atoms with E-state index in [-0.39, 0.29) is 6.03 Å². The highest BCUT2D eigenvalue weighted by Crippen LogP contribution is 2.20. The fourth-order valence-corrected chi connectivity index (χ4v) is 2.67. The van der Waals surface area contributed by atoms with Crippen LogP contribution in [0.1, 0.15) is 37.8 Å². The second-order valence-corrected chi connectivity index (χ2v) is 5.53. The smallest absolute Gasteiger partial charge is 0.331 e. The molecule has 21 heavy (non-hydrogen) atoms. The molecule has 0 aromatic carbocycles. The van der Waals surface area contributed by atoms with Gasteiger partial charge >= 0.3 is 12.0 Å². The van der Waals surface area contributed by atoms with Gasteiger partial charge < -0.3 is 15.3 Å². The van der Waals surface area contributed by atoms with E-state index >= 15 is 0 Å². The molecule has 1 aromatic heterocycles. The van der Waals surface area contributed by atoms with E-state index in [4.69, 9.17) is 0 Å². The van der Waals surface area contributed by atoms with Gasteiger partial charge in [-0.15, -0.1) is 0 Å². The van der Waals surface area contributed by atoms with Crippen LogP contribution in [-0.4, -0.2) is 44.9 Å². The van der Waals surface area contributed by atoms with Crippen LogP contribution in [0.2, 0.25) is 0 Å². The molecular weight excluding hydrogens is 272 g/mol. The van der Waals surface area contributed by atoms with Gasteiger partial charge in [0.15, 0.2) is 6.04 Å². The minimum atomic E-state index is -1.08. The Balaban J connectivity index is 2.03. The molecular formula is C14H22N4O3. The van der Waals surface area contributed by atoms with Crippen molar-refractivity contribution >= 4 is 12.0 Å². The van der Waals surface area contributed by atoms with Gasteiger partial charge in [0.1, 0.15) is 0 Å². The normalized spacial score (nSPS) is 20.1. The molecule has 2 unspecified atom stereocenters. The van der Waals surface area contributed by atoms with E-state index in [1.54, 1.807) is 18.1 Å². The van der Waals surface area contributed by atoms with Gasteiger partial charge in [0.25, 0.3) is 0 Å². The van der Waals surface area contributed by atoms with Gasteiger partial charge in [-0.25, -0.2) is 9.59 Å². The Morgan fingerprint density at radius 1 is 1.57 bits per heavy atom. The summed E-state index contributed by atoms with van der Waals surface area (Å²) in [6.07, 6.45) is 6.20. The number of piperidine rings is 1. The van der Waals surface area contributed by atoms with Gasteiger partial charge in [-0.2, -0.15) is 5.10 Å². The van der Waals surface area contributed by atoms with Crippen molar-refractivity contribution in [3.05, 3.63) is 18.0 Å². The molecule has 2 heterocycles. The number of carbonyl (C=O) groups is 2. The number of hydrogen-bond donors (Lipinski definition) is 2. The molecule has 0 bridgehead atoms. The number of amides is 2. The summed E-state index contributed by atoms with van der Waals surface area (Å²) < 4.78 is 1.52. The summed E-state index contributed by atoms with van der Waals surface area (Å²) >= 11 is 0. The second-order valence-electron chi connectivity index (χ2n) is 5.53. The summed E-state index contributed by atoms with van der Waals surface area (Å²) in [7, 11) is 1.71. The molecule has 116 valence electrons. The number of carboxylic acid groups (broad SMARTS) is 1. The van der Waals surface area contributed by atoms with Crippen LogP contribution in [-0.2, 0) is 11.8 Å². The summed E-state index contributed by atoms with van der Waals surface area (Å²) in [4.78, 5) is 25.4. The van der Waals surface area contributed by atoms with E-state index in [0.717, 1.165) is 19.3 Å². The van der Waals surface area contributed by atoms with Crippen LogP contribution >= 0.6 is 0 Å². The van der Waals surface area contributed by atoms with Crippen LogP contribution in [0.4, 0.5) is 4.79 Å². The number of nitrogens with one attached hydrogen (secondary N) is 1. The predicted octanol–water partition coefficient (Wildman–Crippen LogP) is 1.38. The van der Waals surface area contributed by atoms with Crippen molar-refractivity contribution in [2.45, 2.75) is 32.2 Å². The quantitative estimate of drug-likeness (QED) is 0.878. The lowest BCUT2D eigenvalue weighted by atomic mass is 9.96. The van der Waals surface area contributed by atoms with Gasteiger partial charge in [-0.3, -0.25) is 4.68 Å². The molecule has 7 nitrogen and oxygen atoms in total. The van der Waals surface area contributed by atoms with E-state index in [2.05, 4.69) is 17.3 Å². The van der Waals surface area contributed by atoms with Crippen molar-refractivity contribution in [2.75, 3.05) is 13.1 Å². The molecule has 0 aliphatic carbocycles. The molecule has 1 aliphatic heterocycles. The van der Waals surface area contributed by atoms with Crippen molar-refractivity contribution in [2.24, 2.45) is 13.0 Å². The van der Waals surface area contributed by atoms with Crippen molar-refractivity contribution in [3.63, 3.8) is 0 Å². The van der Waals surface area contributed by atoms with Crippen molar-refractivity contribution in [3.8, 4) is 0 Å². The maximum absolute atomic E-state index is 12.3. The minimum absolute atomic E-state index is 0.315. The third kappa shape index (κ3) is 3.74. The van der Waals surface area contributed by atoms with Crippen LogP contribution in [0.25, 0.3) is 0 Å². The number of aliphatic carboxylic acids is 1. The van der Waals surface area contributed by atoms with E-state index in [1.165, 1.54) is 10.9 Å². The zero-order valence-electron chi connectivity index (χ0n) is 12.5. The summed E-state index contributed by atoms with van der Waals surface area (Å²) in [5.74, 6) is -0.577. The molecule has 1 aromatic rings. The first kappa shape index (κ1) is 15.3. The SMILES string of the molecule is CCC1CCCN(C(=O)NC(C(=O)O)c2cnn(C)c2)C1. The first-order chi connectivity index (χ1) is 10.0. The van der Waals surface area contributed by atoms with Crippen LogP contribution in [0.5, 0.6) is 0 Å². The largest absolute Gasteiger partial charge is 0.479 e. The number of carboxylic acids is 1. The van der Waals surface area contributed by atoms with Gasteiger partial charge in [0.2, 0.25) is 0 Å². The maximum Gasteiger partial charge on any atom is 0.331 e. The topological polar surface area (TPSA) is 87.5 Å². The molecule has 1 saturated heterocycles. The van der Waals surface area contributed by atoms with Gasteiger partial charge in [-0.1, -0.05) is 13.3 Å². The van der Waals surface area contributed by atoms with Crippen molar-refractivity contribution in [1.29, 1.82) is 0 Å². The standard InChI is InChI=1S/C14H22N4O3/c1-3-10-5-4-6-18(8-10)14(21)16-12(13(19)20)11-7-15-17(2)9-11/h7,9-10,12H,3-6,8H2,1-2H3,(H,16,21)(H,19,20). The van der Waals surface area contributed by atoms with Crippen LogP contribution in [0, 0.1) is 5.92 Å². The molecule has 7 heteroatoms. The average molecular weight is 294 g/mol. The van der Waals surface area contributed by atoms with Crippen LogP contribution < -0.4 is 5.32 Å². The van der Waals surface area contributed by atoms with E-state index < -0.39 is 12.0 Å². The highest BCUT2D eigenvalue weighted by atomic mass is 16.4. The maximum atomic E-state index is 12.3. The first-order valence-corrected chi connectivity index (χ1v) is 7.28.